The number of carboxylic acid groups (broad SMARTS) is 2. The molecule has 1 atom stereocenters. The second-order valence-electron chi connectivity index (χ2n) is 3.88. The topological polar surface area (TPSA) is 103 Å². The van der Waals surface area contributed by atoms with Crippen LogP contribution in [0.2, 0.25) is 0 Å². The molecule has 2 rings (SSSR count). The minimum atomic E-state index is -0.959. The fourth-order valence-corrected chi connectivity index (χ4v) is 1.55. The molecule has 6 nitrogen and oxygen atoms in total. The van der Waals surface area contributed by atoms with Crippen molar-refractivity contribution in [1.82, 2.24) is 0 Å². The third-order valence-corrected chi connectivity index (χ3v) is 2.50. The zero-order valence-electron chi connectivity index (χ0n) is 10.3. The first kappa shape index (κ1) is 17.7. The second-order valence-corrected chi connectivity index (χ2v) is 3.88. The first-order chi connectivity index (χ1) is 8.61. The van der Waals surface area contributed by atoms with E-state index in [9.17, 15) is 9.59 Å². The normalized spacial score (nSPS) is 20.8. The minimum absolute atomic E-state index is 0. The van der Waals surface area contributed by atoms with Crippen LogP contribution in [0.4, 0.5) is 0 Å². The molecule has 0 saturated carbocycles. The first-order valence-corrected chi connectivity index (χ1v) is 5.78. The zero-order valence-corrected chi connectivity index (χ0v) is 11.2. The van der Waals surface area contributed by atoms with E-state index in [0.29, 0.717) is 6.54 Å². The Balaban J connectivity index is 0.000000324. The third kappa shape index (κ3) is 7.00. The molecule has 0 bridgehead atoms. The van der Waals surface area contributed by atoms with Gasteiger partial charge in [0.15, 0.2) is 0 Å². The Labute approximate surface area is 122 Å². The van der Waals surface area contributed by atoms with Gasteiger partial charge in [0.1, 0.15) is 0 Å². The van der Waals surface area contributed by atoms with Crippen LogP contribution in [0.1, 0.15) is 19.3 Å². The van der Waals surface area contributed by atoms with Crippen molar-refractivity contribution < 1.29 is 36.9 Å². The van der Waals surface area contributed by atoms with Crippen LogP contribution in [-0.2, 0) is 26.7 Å². The van der Waals surface area contributed by atoms with E-state index in [0.717, 1.165) is 25.8 Å². The zero-order chi connectivity index (χ0) is 13.4. The van der Waals surface area contributed by atoms with Crippen molar-refractivity contribution in [2.75, 3.05) is 13.1 Å². The second kappa shape index (κ2) is 9.61. The molecule has 2 aliphatic rings. The maximum Gasteiger partial charge on any atom is 2.00 e. The molecule has 0 amide bonds. The van der Waals surface area contributed by atoms with E-state index in [1.807, 2.05) is 0 Å². The van der Waals surface area contributed by atoms with Crippen LogP contribution in [0.15, 0.2) is 23.9 Å². The minimum Gasteiger partial charge on any atom is -0.675 e. The Kier molecular flexibility index (Phi) is 8.95. The molecule has 7 heteroatoms. The van der Waals surface area contributed by atoms with Crippen LogP contribution < -0.4 is 0 Å². The predicted molar refractivity (Wildman–Crippen MR) is 66.6 cm³/mol. The van der Waals surface area contributed by atoms with Crippen molar-refractivity contribution in [3.8, 4) is 0 Å². The molecule has 19 heavy (non-hydrogen) atoms. The summed E-state index contributed by atoms with van der Waals surface area (Å²) in [5, 5.41) is 24.4. The molecule has 2 aliphatic heterocycles. The van der Waals surface area contributed by atoms with Crippen LogP contribution in [0.25, 0.3) is 10.6 Å². The summed E-state index contributed by atoms with van der Waals surface area (Å²) in [6, 6.07) is -0.404. The number of aliphatic carboxylic acids is 2. The standard InChI is InChI=1S/C6H10NO2.C6H6NO2.Cu/c2*8-6(9)5-3-1-2-4-7-5;/h5H,1-4H2,(H,8,9);1-3H,4H2,(H,8,9);/q2*-1;+2. The van der Waals surface area contributed by atoms with Gasteiger partial charge in [0, 0.05) is 0 Å². The van der Waals surface area contributed by atoms with Gasteiger partial charge < -0.3 is 20.8 Å². The van der Waals surface area contributed by atoms with Gasteiger partial charge >= 0.3 is 23.0 Å². The smallest absolute Gasteiger partial charge is 0.675 e. The molecule has 1 radical (unpaired) electrons. The van der Waals surface area contributed by atoms with E-state index in [1.165, 1.54) is 6.08 Å². The Hall–Kier alpha value is -1.30. The number of rotatable bonds is 2. The van der Waals surface area contributed by atoms with Crippen molar-refractivity contribution in [3.05, 3.63) is 34.6 Å². The summed E-state index contributed by atoms with van der Waals surface area (Å²) in [5.41, 5.74) is 0.137. The Morgan fingerprint density at radius 1 is 1.26 bits per heavy atom. The largest absolute Gasteiger partial charge is 2.00 e. The van der Waals surface area contributed by atoms with Gasteiger partial charge in [-0.3, -0.25) is 4.79 Å². The van der Waals surface area contributed by atoms with Crippen LogP contribution in [0.3, 0.4) is 0 Å². The van der Waals surface area contributed by atoms with Crippen molar-refractivity contribution in [1.29, 1.82) is 0 Å². The maximum absolute atomic E-state index is 10.3. The molecule has 1 saturated heterocycles. The predicted octanol–water partition coefficient (Wildman–Crippen LogP) is 1.89. The number of allylic oxidation sites excluding steroid dienone is 2. The summed E-state index contributed by atoms with van der Waals surface area (Å²) in [5.74, 6) is -1.73. The number of piperidine rings is 1. The summed E-state index contributed by atoms with van der Waals surface area (Å²) in [7, 11) is 0. The van der Waals surface area contributed by atoms with Crippen LogP contribution >= 0.6 is 0 Å². The van der Waals surface area contributed by atoms with Gasteiger partial charge in [0.2, 0.25) is 0 Å². The van der Waals surface area contributed by atoms with Gasteiger partial charge in [-0.25, -0.2) is 4.79 Å². The van der Waals surface area contributed by atoms with E-state index in [1.54, 1.807) is 12.2 Å². The molecule has 0 spiro atoms. The Morgan fingerprint density at radius 2 is 2.00 bits per heavy atom. The van der Waals surface area contributed by atoms with Crippen LogP contribution in [0, 0.1) is 0 Å². The number of nitrogens with zero attached hydrogens (tertiary/aromatic N) is 2. The maximum atomic E-state index is 10.3. The van der Waals surface area contributed by atoms with Crippen LogP contribution in [0.5, 0.6) is 0 Å². The van der Waals surface area contributed by atoms with E-state index in [4.69, 9.17) is 10.2 Å². The molecular formula is C12H16CuN2O4. The molecular weight excluding hydrogens is 300 g/mol. The van der Waals surface area contributed by atoms with Crippen molar-refractivity contribution >= 4 is 11.9 Å². The van der Waals surface area contributed by atoms with Crippen molar-refractivity contribution in [2.24, 2.45) is 0 Å². The molecule has 2 N–H and O–H groups in total. The van der Waals surface area contributed by atoms with E-state index < -0.39 is 18.0 Å². The average molecular weight is 316 g/mol. The van der Waals surface area contributed by atoms with Gasteiger partial charge in [0.05, 0.1) is 0 Å². The summed E-state index contributed by atoms with van der Waals surface area (Å²) in [4.78, 5) is 20.4. The number of carbonyl (C=O) groups is 2. The monoisotopic (exact) mass is 315 g/mol. The summed E-state index contributed by atoms with van der Waals surface area (Å²) >= 11 is 0. The SMILES string of the molecule is O=C(O)C1=CC=CC[N-]1.O=C(O)C1CCCC[N-]1.[Cu+2]. The number of carboxylic acids is 2. The molecule has 0 aromatic heterocycles. The number of hydrogen-bond acceptors (Lipinski definition) is 2. The molecule has 0 aromatic carbocycles. The summed E-state index contributed by atoms with van der Waals surface area (Å²) < 4.78 is 0. The quantitative estimate of drug-likeness (QED) is 0.759. The van der Waals surface area contributed by atoms with Gasteiger partial charge in [0.25, 0.3) is 5.97 Å². The fraction of sp³-hybridized carbons (Fsp3) is 0.500. The average Bonchev–Trinajstić information content (AvgIpc) is 2.41. The van der Waals surface area contributed by atoms with Crippen molar-refractivity contribution in [2.45, 2.75) is 25.3 Å². The van der Waals surface area contributed by atoms with Gasteiger partial charge in [-0.1, -0.05) is 37.1 Å². The summed E-state index contributed by atoms with van der Waals surface area (Å²) in [6.45, 7) is 1.22. The van der Waals surface area contributed by atoms with Crippen molar-refractivity contribution in [3.63, 3.8) is 0 Å². The fourth-order valence-electron chi connectivity index (χ4n) is 1.55. The van der Waals surface area contributed by atoms with E-state index >= 15 is 0 Å². The van der Waals surface area contributed by atoms with Crippen LogP contribution in [-0.4, -0.2) is 41.3 Å². The molecule has 0 aliphatic carbocycles. The third-order valence-electron chi connectivity index (χ3n) is 2.50. The molecule has 1 unspecified atom stereocenters. The molecule has 0 aromatic rings. The van der Waals surface area contributed by atoms with Gasteiger partial charge in [-0.15, -0.1) is 19.2 Å². The van der Waals surface area contributed by atoms with E-state index in [2.05, 4.69) is 10.6 Å². The van der Waals surface area contributed by atoms with Gasteiger partial charge in [-0.2, -0.15) is 0 Å². The molecule has 2 heterocycles. The molecule has 109 valence electrons. The summed E-state index contributed by atoms with van der Waals surface area (Å²) in [6.07, 6.45) is 7.77. The van der Waals surface area contributed by atoms with Gasteiger partial charge in [-0.05, 0) is 6.04 Å². The van der Waals surface area contributed by atoms with E-state index in [-0.39, 0.29) is 22.8 Å². The Bertz CT molecular complexity index is 363. The molecule has 1 fully saturated rings. The first-order valence-electron chi connectivity index (χ1n) is 5.78. The Morgan fingerprint density at radius 3 is 2.32 bits per heavy atom. The number of hydrogen-bond donors (Lipinski definition) is 2.